The van der Waals surface area contributed by atoms with Gasteiger partial charge >= 0.3 is 0 Å². The molecule has 1 aliphatic heterocycles. The van der Waals surface area contributed by atoms with Gasteiger partial charge in [-0.1, -0.05) is 35.9 Å². The third-order valence-electron chi connectivity index (χ3n) is 7.14. The van der Waals surface area contributed by atoms with Crippen LogP contribution in [-0.2, 0) is 9.59 Å². The van der Waals surface area contributed by atoms with Crippen LogP contribution >= 0.6 is 11.6 Å². The third kappa shape index (κ3) is 3.49. The smallest absolute Gasteiger partial charge is 0.273 e. The number of nitrogens with zero attached hydrogens (tertiary/aromatic N) is 2. The highest BCUT2D eigenvalue weighted by Crippen LogP contribution is 2.52. The van der Waals surface area contributed by atoms with Gasteiger partial charge in [-0.15, -0.1) is 0 Å². The minimum absolute atomic E-state index is 0.00406. The largest absolute Gasteiger partial charge is 0.292 e. The Kier molecular flexibility index (Phi) is 5.20. The predicted molar refractivity (Wildman–Crippen MR) is 122 cm³/mol. The molecule has 1 heterocycles. The Bertz CT molecular complexity index is 1190. The second-order valence-electron chi connectivity index (χ2n) is 9.08. The second kappa shape index (κ2) is 7.96. The summed E-state index contributed by atoms with van der Waals surface area (Å²) in [6.07, 6.45) is 4.77. The summed E-state index contributed by atoms with van der Waals surface area (Å²) in [7, 11) is 0. The number of imide groups is 1. The van der Waals surface area contributed by atoms with E-state index in [1.807, 2.05) is 32.1 Å². The zero-order valence-corrected chi connectivity index (χ0v) is 19.1. The van der Waals surface area contributed by atoms with E-state index >= 15 is 0 Å². The molecule has 0 spiro atoms. The highest BCUT2D eigenvalue weighted by atomic mass is 35.5. The van der Waals surface area contributed by atoms with Crippen LogP contribution in [0.4, 0.5) is 0 Å². The van der Waals surface area contributed by atoms with Crippen LogP contribution in [0.2, 0.25) is 5.02 Å². The predicted octanol–water partition coefficient (Wildman–Crippen LogP) is 4.00. The number of aryl methyl sites for hydroxylation is 2. The van der Waals surface area contributed by atoms with Gasteiger partial charge in [0, 0.05) is 16.1 Å². The first-order valence-corrected chi connectivity index (χ1v) is 11.4. The molecule has 2 bridgehead atoms. The summed E-state index contributed by atoms with van der Waals surface area (Å²) in [5.41, 5.74) is 2.65. The summed E-state index contributed by atoms with van der Waals surface area (Å²) in [4.78, 5) is 53.4. The number of fused-ring (bicyclic) bond motifs is 5. The Morgan fingerprint density at radius 2 is 1.48 bits per heavy atom. The van der Waals surface area contributed by atoms with Gasteiger partial charge in [0.15, 0.2) is 5.78 Å². The van der Waals surface area contributed by atoms with Crippen LogP contribution in [0.25, 0.3) is 0 Å². The fraction of sp³-hybridized carbons (Fsp3) is 0.308. The first-order chi connectivity index (χ1) is 15.8. The Balaban J connectivity index is 1.50. The average molecular weight is 463 g/mol. The molecule has 168 valence electrons. The summed E-state index contributed by atoms with van der Waals surface area (Å²) in [5.74, 6) is -2.68. The lowest BCUT2D eigenvalue weighted by Gasteiger charge is -2.31. The van der Waals surface area contributed by atoms with Crippen LogP contribution in [0.5, 0.6) is 0 Å². The molecule has 0 N–H and O–H groups in total. The average Bonchev–Trinajstić information content (AvgIpc) is 3.48. The van der Waals surface area contributed by atoms with Crippen molar-refractivity contribution >= 4 is 35.1 Å². The molecule has 2 fully saturated rings. The molecule has 1 saturated heterocycles. The molecule has 4 atom stereocenters. The van der Waals surface area contributed by atoms with Crippen molar-refractivity contribution < 1.29 is 19.2 Å². The van der Waals surface area contributed by atoms with Gasteiger partial charge in [-0.2, -0.15) is 5.01 Å². The van der Waals surface area contributed by atoms with Crippen LogP contribution in [0.3, 0.4) is 0 Å². The topological polar surface area (TPSA) is 74.8 Å². The van der Waals surface area contributed by atoms with Crippen molar-refractivity contribution in [2.75, 3.05) is 6.54 Å². The number of carbonyl (C=O) groups is 4. The first kappa shape index (κ1) is 21.6. The van der Waals surface area contributed by atoms with Gasteiger partial charge in [-0.25, -0.2) is 5.01 Å². The minimum Gasteiger partial charge on any atom is -0.292 e. The maximum atomic E-state index is 13.5. The van der Waals surface area contributed by atoms with E-state index in [2.05, 4.69) is 0 Å². The summed E-state index contributed by atoms with van der Waals surface area (Å²) < 4.78 is 0. The molecule has 33 heavy (non-hydrogen) atoms. The van der Waals surface area contributed by atoms with Gasteiger partial charge in [0.2, 0.25) is 0 Å². The zero-order chi connectivity index (χ0) is 23.4. The van der Waals surface area contributed by atoms with Crippen molar-refractivity contribution in [2.45, 2.75) is 20.3 Å². The number of hydrogen-bond donors (Lipinski definition) is 0. The third-order valence-corrected chi connectivity index (χ3v) is 7.39. The molecular weight excluding hydrogens is 440 g/mol. The van der Waals surface area contributed by atoms with E-state index in [0.717, 1.165) is 27.6 Å². The Morgan fingerprint density at radius 1 is 0.909 bits per heavy atom. The number of halogens is 1. The van der Waals surface area contributed by atoms with Gasteiger partial charge in [-0.3, -0.25) is 19.2 Å². The molecule has 7 heteroatoms. The normalized spacial score (nSPS) is 25.0. The molecule has 2 aromatic rings. The number of benzene rings is 2. The van der Waals surface area contributed by atoms with Crippen LogP contribution in [0.1, 0.15) is 38.3 Å². The monoisotopic (exact) mass is 462 g/mol. The maximum absolute atomic E-state index is 13.5. The lowest BCUT2D eigenvalue weighted by molar-refractivity contribution is -0.154. The van der Waals surface area contributed by atoms with Crippen molar-refractivity contribution in [3.63, 3.8) is 0 Å². The van der Waals surface area contributed by atoms with Crippen molar-refractivity contribution in [3.8, 4) is 0 Å². The molecule has 3 amide bonds. The summed E-state index contributed by atoms with van der Waals surface area (Å²) in [6, 6.07) is 11.5. The number of allylic oxidation sites excluding steroid dienone is 2. The number of amides is 3. The summed E-state index contributed by atoms with van der Waals surface area (Å²) in [6.45, 7) is 3.44. The molecular formula is C26H23ClN2O4. The lowest BCUT2D eigenvalue weighted by atomic mass is 9.85. The van der Waals surface area contributed by atoms with Gasteiger partial charge in [0.05, 0.1) is 11.8 Å². The second-order valence-corrected chi connectivity index (χ2v) is 9.52. The quantitative estimate of drug-likeness (QED) is 0.382. The van der Waals surface area contributed by atoms with Crippen molar-refractivity contribution in [1.82, 2.24) is 10.0 Å². The van der Waals surface area contributed by atoms with Crippen molar-refractivity contribution in [1.29, 1.82) is 0 Å². The standard InChI is InChI=1S/C26H23ClN2O4/c1-14-3-4-17(11-15(14)2)21(30)13-28(24(31)16-7-9-20(27)10-8-16)29-25(32)22-18-5-6-19(12-18)23(22)26(29)33/h3-11,18-19,22-23H,12-13H2,1-2H3/t18-,19-,22+,23+/m0/s1. The van der Waals surface area contributed by atoms with E-state index < -0.39 is 36.1 Å². The Hall–Kier alpha value is -3.25. The van der Waals surface area contributed by atoms with Gasteiger partial charge in [0.25, 0.3) is 17.7 Å². The van der Waals surface area contributed by atoms with Gasteiger partial charge in [0.1, 0.15) is 6.54 Å². The highest BCUT2D eigenvalue weighted by Gasteiger charge is 2.61. The Morgan fingerprint density at radius 3 is 2.06 bits per heavy atom. The fourth-order valence-electron chi connectivity index (χ4n) is 5.24. The number of carbonyl (C=O) groups excluding carboxylic acids is 4. The zero-order valence-electron chi connectivity index (χ0n) is 18.3. The molecule has 0 unspecified atom stereocenters. The lowest BCUT2D eigenvalue weighted by Crippen LogP contribution is -2.52. The number of Topliss-reactive ketones (excluding diaryl/α,β-unsaturated/α-hetero) is 1. The van der Waals surface area contributed by atoms with E-state index in [9.17, 15) is 19.2 Å². The van der Waals surface area contributed by atoms with Crippen molar-refractivity contribution in [2.24, 2.45) is 23.7 Å². The molecule has 0 aromatic heterocycles. The SMILES string of the molecule is Cc1ccc(C(=O)CN(C(=O)c2ccc(Cl)cc2)N2C(=O)[C@H]3[C@H](C2=O)[C@H]2C=C[C@H]3C2)cc1C. The van der Waals surface area contributed by atoms with Gasteiger partial charge < -0.3 is 0 Å². The highest BCUT2D eigenvalue weighted by molar-refractivity contribution is 6.30. The van der Waals surface area contributed by atoms with Crippen LogP contribution < -0.4 is 0 Å². The van der Waals surface area contributed by atoms with E-state index in [1.54, 1.807) is 24.3 Å². The van der Waals surface area contributed by atoms with Crippen molar-refractivity contribution in [3.05, 3.63) is 81.9 Å². The van der Waals surface area contributed by atoms with Gasteiger partial charge in [-0.05, 0) is 73.6 Å². The summed E-state index contributed by atoms with van der Waals surface area (Å²) in [5, 5.41) is 2.40. The van der Waals surface area contributed by atoms with Crippen LogP contribution in [0, 0.1) is 37.5 Å². The molecule has 6 nitrogen and oxygen atoms in total. The first-order valence-electron chi connectivity index (χ1n) is 11.0. The minimum atomic E-state index is -0.592. The molecule has 2 aromatic carbocycles. The molecule has 1 saturated carbocycles. The molecule has 3 aliphatic rings. The van der Waals surface area contributed by atoms with E-state index in [4.69, 9.17) is 11.6 Å². The number of rotatable bonds is 5. The van der Waals surface area contributed by atoms with E-state index in [-0.39, 0.29) is 23.2 Å². The van der Waals surface area contributed by atoms with E-state index in [1.165, 1.54) is 12.1 Å². The number of hydrazine groups is 1. The van der Waals surface area contributed by atoms with E-state index in [0.29, 0.717) is 10.6 Å². The van der Waals surface area contributed by atoms with Crippen LogP contribution in [0.15, 0.2) is 54.6 Å². The number of ketones is 1. The molecule has 5 rings (SSSR count). The fourth-order valence-corrected chi connectivity index (χ4v) is 5.37. The summed E-state index contributed by atoms with van der Waals surface area (Å²) >= 11 is 5.96. The Labute approximate surface area is 196 Å². The maximum Gasteiger partial charge on any atom is 0.273 e. The molecule has 0 radical (unpaired) electrons. The molecule has 2 aliphatic carbocycles. The van der Waals surface area contributed by atoms with Crippen LogP contribution in [-0.4, -0.2) is 40.1 Å². The number of hydrogen-bond acceptors (Lipinski definition) is 4.